The molecule has 0 spiro atoms. The Balaban J connectivity index is 2.19. The summed E-state index contributed by atoms with van der Waals surface area (Å²) in [5.74, 6) is 4.99. The number of amides is 1. The van der Waals surface area contributed by atoms with Gasteiger partial charge in [0, 0.05) is 5.69 Å². The molecule has 8 heteroatoms. The number of benzene rings is 1. The highest BCUT2D eigenvalue weighted by atomic mass is 16.1. The largest absolute Gasteiger partial charge is 0.321 e. The van der Waals surface area contributed by atoms with Crippen LogP contribution < -0.4 is 16.6 Å². The summed E-state index contributed by atoms with van der Waals surface area (Å²) in [6.07, 6.45) is 2.58. The minimum atomic E-state index is -0.486. The van der Waals surface area contributed by atoms with Crippen LogP contribution in [0.1, 0.15) is 21.6 Å². The molecule has 0 radical (unpaired) electrons. The number of rotatable bonds is 3. The van der Waals surface area contributed by atoms with Gasteiger partial charge in [0.1, 0.15) is 17.8 Å². The van der Waals surface area contributed by atoms with Crippen LogP contribution in [0.4, 0.5) is 11.5 Å². The number of nitrogens with one attached hydrogen (secondary N) is 2. The number of nitrogens with zero attached hydrogens (tertiary/aromatic N) is 4. The molecular weight excluding hydrogens is 270 g/mol. The topological polar surface area (TPSA) is 141 Å². The molecule has 0 saturated heterocycles. The van der Waals surface area contributed by atoms with Gasteiger partial charge < -0.3 is 10.7 Å². The molecule has 2 aromatic rings. The third-order valence-electron chi connectivity index (χ3n) is 2.55. The number of nitrogen functional groups attached to an aromatic ring is 1. The van der Waals surface area contributed by atoms with E-state index < -0.39 is 5.91 Å². The maximum atomic E-state index is 12.0. The van der Waals surface area contributed by atoms with Crippen molar-refractivity contribution in [3.05, 3.63) is 47.4 Å². The zero-order valence-corrected chi connectivity index (χ0v) is 10.7. The fourth-order valence-electron chi connectivity index (χ4n) is 1.53. The fraction of sp³-hybridized carbons (Fsp3) is 0. The van der Waals surface area contributed by atoms with E-state index in [4.69, 9.17) is 16.4 Å². The Bertz CT molecular complexity index is 756. The van der Waals surface area contributed by atoms with Gasteiger partial charge in [-0.1, -0.05) is 0 Å². The minimum absolute atomic E-state index is 0.0943. The van der Waals surface area contributed by atoms with Crippen molar-refractivity contribution < 1.29 is 4.79 Å². The summed E-state index contributed by atoms with van der Waals surface area (Å²) in [5.41, 5.74) is 3.21. The first-order valence-electron chi connectivity index (χ1n) is 5.72. The molecule has 102 valence electrons. The van der Waals surface area contributed by atoms with Crippen LogP contribution in [0.3, 0.4) is 0 Å². The Kier molecular flexibility index (Phi) is 4.05. The van der Waals surface area contributed by atoms with Gasteiger partial charge in [0.2, 0.25) is 0 Å². The lowest BCUT2D eigenvalue weighted by Gasteiger charge is -2.06. The number of hydrogen-bond acceptors (Lipinski definition) is 7. The highest BCUT2D eigenvalue weighted by Crippen LogP contribution is 2.15. The van der Waals surface area contributed by atoms with Crippen molar-refractivity contribution in [2.45, 2.75) is 0 Å². The van der Waals surface area contributed by atoms with Crippen LogP contribution in [0.5, 0.6) is 0 Å². The van der Waals surface area contributed by atoms with E-state index in [0.717, 1.165) is 0 Å². The number of hydrogen-bond donors (Lipinski definition) is 3. The summed E-state index contributed by atoms with van der Waals surface area (Å²) in [7, 11) is 0. The molecule has 8 nitrogen and oxygen atoms in total. The van der Waals surface area contributed by atoms with Crippen molar-refractivity contribution in [3.8, 4) is 12.1 Å². The number of nitriles is 2. The second-order valence-corrected chi connectivity index (χ2v) is 3.87. The van der Waals surface area contributed by atoms with E-state index in [1.54, 1.807) is 0 Å². The summed E-state index contributed by atoms with van der Waals surface area (Å²) in [6, 6.07) is 8.19. The number of nitrogens with two attached hydrogens (primary N) is 1. The normalized spacial score (nSPS) is 9.29. The molecule has 0 unspecified atom stereocenters. The van der Waals surface area contributed by atoms with Gasteiger partial charge in [-0.3, -0.25) is 4.79 Å². The van der Waals surface area contributed by atoms with Gasteiger partial charge in [-0.2, -0.15) is 10.5 Å². The van der Waals surface area contributed by atoms with Crippen LogP contribution in [0.25, 0.3) is 0 Å². The van der Waals surface area contributed by atoms with Crippen LogP contribution in [-0.2, 0) is 0 Å². The Morgan fingerprint density at radius 2 is 1.90 bits per heavy atom. The zero-order chi connectivity index (χ0) is 15.2. The molecule has 2 rings (SSSR count). The lowest BCUT2D eigenvalue weighted by Crippen LogP contribution is -2.15. The molecule has 4 N–H and O–H groups in total. The average molecular weight is 279 g/mol. The van der Waals surface area contributed by atoms with Crippen molar-refractivity contribution in [2.75, 3.05) is 10.7 Å². The molecule has 1 aromatic carbocycles. The second-order valence-electron chi connectivity index (χ2n) is 3.87. The van der Waals surface area contributed by atoms with Crippen LogP contribution in [0.2, 0.25) is 0 Å². The Labute approximate surface area is 119 Å². The minimum Gasteiger partial charge on any atom is -0.321 e. The summed E-state index contributed by atoms with van der Waals surface area (Å²) >= 11 is 0. The number of aromatic nitrogens is 2. The van der Waals surface area contributed by atoms with E-state index in [1.165, 1.54) is 30.6 Å². The number of anilines is 2. The first-order chi connectivity index (χ1) is 10.2. The average Bonchev–Trinajstić information content (AvgIpc) is 2.54. The van der Waals surface area contributed by atoms with Crippen molar-refractivity contribution >= 4 is 17.4 Å². The van der Waals surface area contributed by atoms with E-state index >= 15 is 0 Å². The first-order valence-corrected chi connectivity index (χ1v) is 5.72. The number of hydrazine groups is 1. The quantitative estimate of drug-likeness (QED) is 0.556. The van der Waals surface area contributed by atoms with Crippen LogP contribution in [-0.4, -0.2) is 15.9 Å². The van der Waals surface area contributed by atoms with Crippen LogP contribution in [0.15, 0.2) is 30.6 Å². The van der Waals surface area contributed by atoms with E-state index in [0.29, 0.717) is 11.5 Å². The Morgan fingerprint density at radius 1 is 1.14 bits per heavy atom. The number of carbonyl (C=O) groups is 1. The Hall–Kier alpha value is -3.49. The zero-order valence-electron chi connectivity index (χ0n) is 10.7. The summed E-state index contributed by atoms with van der Waals surface area (Å²) < 4.78 is 0. The molecular formula is C13H9N7O. The van der Waals surface area contributed by atoms with Gasteiger partial charge in [-0.15, -0.1) is 0 Å². The molecule has 1 amide bonds. The summed E-state index contributed by atoms with van der Waals surface area (Å²) in [4.78, 5) is 19.7. The Morgan fingerprint density at radius 3 is 2.48 bits per heavy atom. The lowest BCUT2D eigenvalue weighted by atomic mass is 10.1. The third-order valence-corrected chi connectivity index (χ3v) is 2.55. The van der Waals surface area contributed by atoms with Gasteiger partial charge in [-0.25, -0.2) is 15.8 Å². The van der Waals surface area contributed by atoms with Crippen LogP contribution in [0, 0.1) is 22.7 Å². The van der Waals surface area contributed by atoms with Gasteiger partial charge >= 0.3 is 0 Å². The molecule has 0 fully saturated rings. The highest BCUT2D eigenvalue weighted by molar-refractivity contribution is 6.02. The van der Waals surface area contributed by atoms with Gasteiger partial charge in [0.25, 0.3) is 5.91 Å². The van der Waals surface area contributed by atoms with Crippen molar-refractivity contribution in [1.29, 1.82) is 10.5 Å². The van der Waals surface area contributed by atoms with E-state index in [2.05, 4.69) is 20.7 Å². The molecule has 1 aromatic heterocycles. The van der Waals surface area contributed by atoms with Gasteiger partial charge in [-0.05, 0) is 18.2 Å². The summed E-state index contributed by atoms with van der Waals surface area (Å²) in [6.45, 7) is 0. The SMILES string of the molecule is N#Cc1ccc(NC(=O)c2cnc(NN)cn2)cc1C#N. The predicted octanol–water partition coefficient (Wildman–Crippen LogP) is 0.758. The highest BCUT2D eigenvalue weighted by Gasteiger charge is 2.10. The molecule has 0 saturated carbocycles. The second kappa shape index (κ2) is 6.10. The van der Waals surface area contributed by atoms with Crippen molar-refractivity contribution in [2.24, 2.45) is 5.84 Å². The number of carbonyl (C=O) groups excluding carboxylic acids is 1. The van der Waals surface area contributed by atoms with Crippen molar-refractivity contribution in [3.63, 3.8) is 0 Å². The monoisotopic (exact) mass is 279 g/mol. The van der Waals surface area contributed by atoms with Crippen LogP contribution >= 0.6 is 0 Å². The maximum absolute atomic E-state index is 12.0. The summed E-state index contributed by atoms with van der Waals surface area (Å²) in [5, 5.41) is 20.3. The molecule has 0 aliphatic rings. The maximum Gasteiger partial charge on any atom is 0.275 e. The van der Waals surface area contributed by atoms with E-state index in [9.17, 15) is 4.79 Å². The van der Waals surface area contributed by atoms with Gasteiger partial charge in [0.15, 0.2) is 5.82 Å². The van der Waals surface area contributed by atoms with E-state index in [1.807, 2.05) is 12.1 Å². The third kappa shape index (κ3) is 3.10. The molecule has 0 aliphatic carbocycles. The molecule has 0 aliphatic heterocycles. The molecule has 0 bridgehead atoms. The fourth-order valence-corrected chi connectivity index (χ4v) is 1.53. The molecule has 21 heavy (non-hydrogen) atoms. The lowest BCUT2D eigenvalue weighted by molar-refractivity contribution is 0.102. The van der Waals surface area contributed by atoms with Gasteiger partial charge in [0.05, 0.1) is 23.5 Å². The first kappa shape index (κ1) is 13.9. The predicted molar refractivity (Wildman–Crippen MR) is 73.7 cm³/mol. The molecule has 1 heterocycles. The smallest absolute Gasteiger partial charge is 0.275 e. The molecule has 0 atom stereocenters. The van der Waals surface area contributed by atoms with E-state index in [-0.39, 0.29) is 16.8 Å². The standard InChI is InChI=1S/C13H9N7O/c14-4-8-1-2-10(3-9(8)5-15)19-13(21)11-6-18-12(20-16)7-17-11/h1-3,6-7H,16H2,(H,18,20)(H,19,21). The van der Waals surface area contributed by atoms with Crippen molar-refractivity contribution in [1.82, 2.24) is 9.97 Å².